The van der Waals surface area contributed by atoms with E-state index in [1.54, 1.807) is 35.1 Å². The van der Waals surface area contributed by atoms with Gasteiger partial charge in [-0.05, 0) is 43.3 Å². The number of aryl methyl sites for hydroxylation is 1. The Balaban J connectivity index is 0.000000806. The zero-order chi connectivity index (χ0) is 21.7. The monoisotopic (exact) mass is 415 g/mol. The summed E-state index contributed by atoms with van der Waals surface area (Å²) in [5, 5.41) is 7.44. The van der Waals surface area contributed by atoms with E-state index in [0.717, 1.165) is 17.4 Å². The lowest BCUT2D eigenvalue weighted by molar-refractivity contribution is -0.141. The molecule has 0 radical (unpaired) electrons. The predicted molar refractivity (Wildman–Crippen MR) is 104 cm³/mol. The van der Waals surface area contributed by atoms with Crippen LogP contribution in [0.3, 0.4) is 0 Å². The van der Waals surface area contributed by atoms with Gasteiger partial charge in [0, 0.05) is 23.8 Å². The van der Waals surface area contributed by atoms with Gasteiger partial charge < -0.3 is 11.1 Å². The van der Waals surface area contributed by atoms with E-state index >= 15 is 0 Å². The van der Waals surface area contributed by atoms with E-state index < -0.39 is 11.9 Å². The van der Waals surface area contributed by atoms with Crippen LogP contribution in [0.4, 0.5) is 24.7 Å². The summed E-state index contributed by atoms with van der Waals surface area (Å²) in [6, 6.07) is 10.8. The SMILES string of the molecule is Cc1cc(Nc2nc(-c3cccc(C(F)(F)F)n3)nn3cccc23)ccn1.NC=O. The molecule has 3 N–H and O–H groups in total. The van der Waals surface area contributed by atoms with Gasteiger partial charge in [0.25, 0.3) is 0 Å². The highest BCUT2D eigenvalue weighted by Gasteiger charge is 2.32. The maximum Gasteiger partial charge on any atom is 0.433 e. The Hall–Kier alpha value is -4.02. The molecule has 4 aromatic heterocycles. The molecule has 30 heavy (non-hydrogen) atoms. The average molecular weight is 415 g/mol. The number of amides is 1. The van der Waals surface area contributed by atoms with Crippen molar-refractivity contribution in [1.82, 2.24) is 24.6 Å². The number of rotatable bonds is 3. The molecule has 11 heteroatoms. The Morgan fingerprint density at radius 3 is 2.60 bits per heavy atom. The molecule has 4 heterocycles. The molecule has 8 nitrogen and oxygen atoms in total. The summed E-state index contributed by atoms with van der Waals surface area (Å²) in [7, 11) is 0. The van der Waals surface area contributed by atoms with Gasteiger partial charge in [-0.15, -0.1) is 5.10 Å². The van der Waals surface area contributed by atoms with Crippen LogP contribution < -0.4 is 11.1 Å². The highest BCUT2D eigenvalue weighted by Crippen LogP contribution is 2.29. The highest BCUT2D eigenvalue weighted by molar-refractivity contribution is 5.74. The molecule has 0 saturated heterocycles. The fourth-order valence-electron chi connectivity index (χ4n) is 2.61. The third-order valence-corrected chi connectivity index (χ3v) is 3.82. The lowest BCUT2D eigenvalue weighted by atomic mass is 10.3. The molecule has 0 unspecified atom stereocenters. The molecule has 0 bridgehead atoms. The number of pyridine rings is 2. The van der Waals surface area contributed by atoms with E-state index in [4.69, 9.17) is 4.79 Å². The van der Waals surface area contributed by atoms with Crippen LogP contribution in [0, 0.1) is 6.92 Å². The second-order valence-corrected chi connectivity index (χ2v) is 5.97. The van der Waals surface area contributed by atoms with E-state index in [0.29, 0.717) is 11.3 Å². The summed E-state index contributed by atoms with van der Waals surface area (Å²) >= 11 is 0. The van der Waals surface area contributed by atoms with Crippen LogP contribution in [0.5, 0.6) is 0 Å². The number of halogens is 3. The minimum Gasteiger partial charge on any atom is -0.372 e. The van der Waals surface area contributed by atoms with Crippen molar-refractivity contribution < 1.29 is 18.0 Å². The van der Waals surface area contributed by atoms with Gasteiger partial charge in [0.2, 0.25) is 12.2 Å². The number of fused-ring (bicyclic) bond motifs is 1. The number of aromatic nitrogens is 5. The Labute approximate surface area is 168 Å². The first-order valence-corrected chi connectivity index (χ1v) is 8.57. The van der Waals surface area contributed by atoms with Crippen LogP contribution in [-0.2, 0) is 11.0 Å². The van der Waals surface area contributed by atoms with Gasteiger partial charge in [0.15, 0.2) is 5.82 Å². The van der Waals surface area contributed by atoms with Gasteiger partial charge >= 0.3 is 6.18 Å². The summed E-state index contributed by atoms with van der Waals surface area (Å²) in [5.74, 6) is 0.535. The summed E-state index contributed by atoms with van der Waals surface area (Å²) in [5.41, 5.74) is 5.47. The minimum atomic E-state index is -4.54. The third-order valence-electron chi connectivity index (χ3n) is 3.82. The Morgan fingerprint density at radius 1 is 1.13 bits per heavy atom. The maximum absolute atomic E-state index is 13.0. The van der Waals surface area contributed by atoms with Gasteiger partial charge in [-0.3, -0.25) is 9.78 Å². The van der Waals surface area contributed by atoms with Gasteiger partial charge in [0.05, 0.1) is 0 Å². The van der Waals surface area contributed by atoms with E-state index in [-0.39, 0.29) is 17.9 Å². The molecule has 154 valence electrons. The number of carbonyl (C=O) groups excluding carboxylic acids is 1. The second-order valence-electron chi connectivity index (χ2n) is 5.97. The number of nitrogens with two attached hydrogens (primary N) is 1. The van der Waals surface area contributed by atoms with Crippen molar-refractivity contribution in [2.75, 3.05) is 5.32 Å². The number of anilines is 2. The van der Waals surface area contributed by atoms with Crippen LogP contribution in [-0.4, -0.2) is 31.0 Å². The number of carbonyl (C=O) groups is 1. The molecule has 4 aromatic rings. The molecule has 0 aliphatic carbocycles. The lowest BCUT2D eigenvalue weighted by Crippen LogP contribution is -2.09. The topological polar surface area (TPSA) is 111 Å². The molecular formula is C19H16F3N7O. The normalized spacial score (nSPS) is 10.9. The molecule has 0 aliphatic rings. The first-order valence-electron chi connectivity index (χ1n) is 8.57. The average Bonchev–Trinajstić information content (AvgIpc) is 3.17. The van der Waals surface area contributed by atoms with Crippen LogP contribution in [0.2, 0.25) is 0 Å². The highest BCUT2D eigenvalue weighted by atomic mass is 19.4. The number of hydrogen-bond acceptors (Lipinski definition) is 6. The number of nitrogens with zero attached hydrogens (tertiary/aromatic N) is 5. The van der Waals surface area contributed by atoms with E-state index in [9.17, 15) is 13.2 Å². The summed E-state index contributed by atoms with van der Waals surface area (Å²) < 4.78 is 40.4. The van der Waals surface area contributed by atoms with Crippen molar-refractivity contribution >= 4 is 23.4 Å². The van der Waals surface area contributed by atoms with Crippen molar-refractivity contribution in [3.63, 3.8) is 0 Å². The molecule has 0 atom stereocenters. The molecule has 0 aliphatic heterocycles. The molecule has 0 aromatic carbocycles. The Morgan fingerprint density at radius 2 is 1.90 bits per heavy atom. The smallest absolute Gasteiger partial charge is 0.372 e. The van der Waals surface area contributed by atoms with Crippen molar-refractivity contribution in [2.45, 2.75) is 13.1 Å². The number of hydrogen-bond donors (Lipinski definition) is 2. The van der Waals surface area contributed by atoms with Crippen LogP contribution in [0.15, 0.2) is 54.9 Å². The number of primary amides is 1. The van der Waals surface area contributed by atoms with Gasteiger partial charge in [-0.2, -0.15) is 13.2 Å². The lowest BCUT2D eigenvalue weighted by Gasteiger charge is -2.11. The maximum atomic E-state index is 13.0. The van der Waals surface area contributed by atoms with E-state index in [1.807, 2.05) is 13.0 Å². The van der Waals surface area contributed by atoms with Crippen molar-refractivity contribution in [2.24, 2.45) is 5.73 Å². The van der Waals surface area contributed by atoms with E-state index in [2.05, 4.69) is 31.1 Å². The standard InChI is InChI=1S/C18H13F3N6.CH3NO/c1-11-10-12(7-8-22-11)23-17-14-5-3-9-27(14)26-16(25-17)13-4-2-6-15(24-13)18(19,20)21;2-1-3/h2-10H,1H3,(H,22,23,25,26);1H,(H2,2,3). The second kappa shape index (κ2) is 8.55. The molecule has 4 rings (SSSR count). The Kier molecular flexibility index (Phi) is 5.90. The van der Waals surface area contributed by atoms with Gasteiger partial charge in [0.1, 0.15) is 16.9 Å². The van der Waals surface area contributed by atoms with Crippen LogP contribution in [0.25, 0.3) is 17.0 Å². The quantitative estimate of drug-likeness (QED) is 0.497. The predicted octanol–water partition coefficient (Wildman–Crippen LogP) is 3.36. The summed E-state index contributed by atoms with van der Waals surface area (Å²) in [6.45, 7) is 1.86. The van der Waals surface area contributed by atoms with Crippen molar-refractivity contribution in [3.8, 4) is 11.5 Å². The fourth-order valence-corrected chi connectivity index (χ4v) is 2.61. The Bertz CT molecular complexity index is 1170. The largest absolute Gasteiger partial charge is 0.433 e. The fraction of sp³-hybridized carbons (Fsp3) is 0.105. The van der Waals surface area contributed by atoms with Crippen molar-refractivity contribution in [3.05, 3.63) is 66.2 Å². The van der Waals surface area contributed by atoms with Crippen molar-refractivity contribution in [1.29, 1.82) is 0 Å². The minimum absolute atomic E-state index is 0.0365. The number of nitrogens with one attached hydrogen (secondary N) is 1. The van der Waals surface area contributed by atoms with Gasteiger partial charge in [-0.1, -0.05) is 6.07 Å². The zero-order valence-corrected chi connectivity index (χ0v) is 15.6. The number of alkyl halides is 3. The summed E-state index contributed by atoms with van der Waals surface area (Å²) in [6.07, 6.45) is -0.941. The summed E-state index contributed by atoms with van der Waals surface area (Å²) in [4.78, 5) is 20.8. The first-order chi connectivity index (χ1) is 14.3. The molecule has 0 saturated carbocycles. The molecular weight excluding hydrogens is 399 g/mol. The molecule has 0 fully saturated rings. The van der Waals surface area contributed by atoms with E-state index in [1.165, 1.54) is 12.1 Å². The van der Waals surface area contributed by atoms with Crippen LogP contribution >= 0.6 is 0 Å². The van der Waals surface area contributed by atoms with Gasteiger partial charge in [-0.25, -0.2) is 14.5 Å². The molecule has 0 spiro atoms. The van der Waals surface area contributed by atoms with Crippen LogP contribution in [0.1, 0.15) is 11.4 Å². The molecule has 1 amide bonds. The third kappa shape index (κ3) is 4.69. The first kappa shape index (κ1) is 20.7. The zero-order valence-electron chi connectivity index (χ0n) is 15.6.